The topological polar surface area (TPSA) is 44.1 Å². The van der Waals surface area contributed by atoms with E-state index in [1.807, 2.05) is 0 Å². The molecular formula is C18H12ClF3N2O2. The van der Waals surface area contributed by atoms with E-state index in [1.165, 1.54) is 41.1 Å². The first-order chi connectivity index (χ1) is 12.3. The van der Waals surface area contributed by atoms with Crippen LogP contribution in [0.3, 0.4) is 0 Å². The lowest BCUT2D eigenvalue weighted by atomic mass is 10.1. The first kappa shape index (κ1) is 18.0. The van der Waals surface area contributed by atoms with Gasteiger partial charge in [0.1, 0.15) is 5.75 Å². The molecule has 0 fully saturated rings. The van der Waals surface area contributed by atoms with E-state index in [0.717, 1.165) is 5.56 Å². The smallest absolute Gasteiger partial charge is 0.406 e. The van der Waals surface area contributed by atoms with Crippen LogP contribution < -0.4 is 10.3 Å². The van der Waals surface area contributed by atoms with Crippen molar-refractivity contribution >= 4 is 11.6 Å². The van der Waals surface area contributed by atoms with Crippen molar-refractivity contribution < 1.29 is 17.9 Å². The fourth-order valence-electron chi connectivity index (χ4n) is 2.31. The van der Waals surface area contributed by atoms with Crippen molar-refractivity contribution in [3.8, 4) is 17.0 Å². The number of hydrogen-bond acceptors (Lipinski definition) is 3. The summed E-state index contributed by atoms with van der Waals surface area (Å²) >= 11 is 5.84. The molecule has 4 nitrogen and oxygen atoms in total. The van der Waals surface area contributed by atoms with Gasteiger partial charge < -0.3 is 4.74 Å². The highest BCUT2D eigenvalue weighted by molar-refractivity contribution is 6.30. The van der Waals surface area contributed by atoms with Crippen molar-refractivity contribution in [2.45, 2.75) is 12.9 Å². The van der Waals surface area contributed by atoms with Crippen LogP contribution in [0.5, 0.6) is 5.75 Å². The van der Waals surface area contributed by atoms with Crippen molar-refractivity contribution in [2.24, 2.45) is 0 Å². The summed E-state index contributed by atoms with van der Waals surface area (Å²) in [5.41, 5.74) is 1.57. The van der Waals surface area contributed by atoms with Gasteiger partial charge in [0.25, 0.3) is 5.56 Å². The molecule has 1 aromatic heterocycles. The van der Waals surface area contributed by atoms with Gasteiger partial charge in [-0.05, 0) is 48.0 Å². The lowest BCUT2D eigenvalue weighted by Crippen LogP contribution is -2.22. The Hall–Kier alpha value is -2.80. The van der Waals surface area contributed by atoms with E-state index in [9.17, 15) is 18.0 Å². The molecule has 3 rings (SSSR count). The lowest BCUT2D eigenvalue weighted by Gasteiger charge is -2.10. The van der Waals surface area contributed by atoms with Gasteiger partial charge in [-0.3, -0.25) is 4.79 Å². The maximum absolute atomic E-state index is 12.2. The van der Waals surface area contributed by atoms with E-state index >= 15 is 0 Å². The van der Waals surface area contributed by atoms with Crippen LogP contribution in [-0.4, -0.2) is 16.1 Å². The fourth-order valence-corrected chi connectivity index (χ4v) is 2.43. The van der Waals surface area contributed by atoms with E-state index in [2.05, 4.69) is 9.84 Å². The van der Waals surface area contributed by atoms with Gasteiger partial charge in [0.2, 0.25) is 0 Å². The molecule has 1 heterocycles. The maximum atomic E-state index is 12.2. The van der Waals surface area contributed by atoms with Crippen LogP contribution in [0.15, 0.2) is 65.5 Å². The van der Waals surface area contributed by atoms with Gasteiger partial charge in [-0.25, -0.2) is 4.68 Å². The van der Waals surface area contributed by atoms with E-state index in [0.29, 0.717) is 16.3 Å². The molecule has 3 aromatic rings. The Balaban J connectivity index is 1.85. The minimum absolute atomic E-state index is 0.249. The van der Waals surface area contributed by atoms with Crippen LogP contribution in [-0.2, 0) is 6.54 Å². The third-order valence-electron chi connectivity index (χ3n) is 3.50. The average Bonchev–Trinajstić information content (AvgIpc) is 2.58. The summed E-state index contributed by atoms with van der Waals surface area (Å²) in [6.07, 6.45) is -4.74. The summed E-state index contributed by atoms with van der Waals surface area (Å²) in [7, 11) is 0. The maximum Gasteiger partial charge on any atom is 0.573 e. The molecule has 8 heteroatoms. The molecule has 0 N–H and O–H groups in total. The molecule has 0 atom stereocenters. The fraction of sp³-hybridized carbons (Fsp3) is 0.111. The summed E-state index contributed by atoms with van der Waals surface area (Å²) in [5, 5.41) is 4.86. The number of hydrogen-bond donors (Lipinski definition) is 0. The van der Waals surface area contributed by atoms with Crippen molar-refractivity contribution in [1.82, 2.24) is 9.78 Å². The summed E-state index contributed by atoms with van der Waals surface area (Å²) in [6, 6.07) is 15.1. The number of nitrogens with zero attached hydrogens (tertiary/aromatic N) is 2. The number of benzene rings is 2. The normalized spacial score (nSPS) is 11.4. The second-order valence-electron chi connectivity index (χ2n) is 5.41. The molecule has 0 saturated carbocycles. The predicted molar refractivity (Wildman–Crippen MR) is 91.2 cm³/mol. The highest BCUT2D eigenvalue weighted by Crippen LogP contribution is 2.25. The Kier molecular flexibility index (Phi) is 4.99. The van der Waals surface area contributed by atoms with Crippen LogP contribution in [0, 0.1) is 0 Å². The monoisotopic (exact) mass is 380 g/mol. The van der Waals surface area contributed by atoms with Crippen molar-refractivity contribution in [3.05, 3.63) is 81.6 Å². The predicted octanol–water partition coefficient (Wildman–Crippen LogP) is 4.51. The average molecular weight is 381 g/mol. The van der Waals surface area contributed by atoms with Gasteiger partial charge in [-0.2, -0.15) is 5.10 Å². The Bertz CT molecular complexity index is 952. The number of alkyl halides is 3. The van der Waals surface area contributed by atoms with E-state index in [4.69, 9.17) is 11.6 Å². The van der Waals surface area contributed by atoms with Gasteiger partial charge in [-0.15, -0.1) is 13.2 Å². The molecule has 0 aliphatic heterocycles. The molecule has 0 spiro atoms. The van der Waals surface area contributed by atoms with Gasteiger partial charge in [-0.1, -0.05) is 23.7 Å². The zero-order chi connectivity index (χ0) is 18.7. The largest absolute Gasteiger partial charge is 0.573 e. The van der Waals surface area contributed by atoms with Crippen LogP contribution in [0.25, 0.3) is 11.3 Å². The minimum atomic E-state index is -4.74. The van der Waals surface area contributed by atoms with Crippen molar-refractivity contribution in [3.63, 3.8) is 0 Å². The number of rotatable bonds is 4. The van der Waals surface area contributed by atoms with Crippen LogP contribution in [0.1, 0.15) is 5.56 Å². The van der Waals surface area contributed by atoms with Crippen LogP contribution >= 0.6 is 11.6 Å². The zero-order valence-corrected chi connectivity index (χ0v) is 14.0. The molecule has 0 saturated heterocycles. The number of ether oxygens (including phenoxy) is 1. The van der Waals surface area contributed by atoms with Crippen LogP contribution in [0.2, 0.25) is 5.02 Å². The van der Waals surface area contributed by atoms with Crippen LogP contribution in [0.4, 0.5) is 13.2 Å². The molecule has 134 valence electrons. The zero-order valence-electron chi connectivity index (χ0n) is 13.2. The summed E-state index contributed by atoms with van der Waals surface area (Å²) < 4.78 is 41.8. The summed E-state index contributed by atoms with van der Waals surface area (Å²) in [4.78, 5) is 12.0. The Morgan fingerprint density at radius 2 is 1.62 bits per heavy atom. The first-order valence-corrected chi connectivity index (χ1v) is 7.87. The first-order valence-electron chi connectivity index (χ1n) is 7.49. The van der Waals surface area contributed by atoms with Gasteiger partial charge in [0.05, 0.1) is 12.2 Å². The van der Waals surface area contributed by atoms with E-state index in [-0.39, 0.29) is 17.9 Å². The molecule has 0 bridgehead atoms. The SMILES string of the molecule is O=c1ccc(-c2ccc(OC(F)(F)F)cc2)nn1Cc1ccc(Cl)cc1. The van der Waals surface area contributed by atoms with Gasteiger partial charge in [0.15, 0.2) is 0 Å². The molecule has 0 radical (unpaired) electrons. The highest BCUT2D eigenvalue weighted by Gasteiger charge is 2.30. The second-order valence-corrected chi connectivity index (χ2v) is 5.85. The van der Waals surface area contributed by atoms with Gasteiger partial charge >= 0.3 is 6.36 Å². The molecule has 26 heavy (non-hydrogen) atoms. The molecule has 2 aromatic carbocycles. The molecule has 0 unspecified atom stereocenters. The van der Waals surface area contributed by atoms with E-state index < -0.39 is 6.36 Å². The summed E-state index contributed by atoms with van der Waals surface area (Å²) in [6.45, 7) is 0.249. The van der Waals surface area contributed by atoms with E-state index in [1.54, 1.807) is 24.3 Å². The number of aromatic nitrogens is 2. The quantitative estimate of drug-likeness (QED) is 0.669. The third kappa shape index (κ3) is 4.64. The standard InChI is InChI=1S/C18H12ClF3N2O2/c19-14-5-1-12(2-6-14)11-24-17(25)10-9-16(23-24)13-3-7-15(8-4-13)26-18(20,21)22/h1-10H,11H2. The van der Waals surface area contributed by atoms with Crippen molar-refractivity contribution in [1.29, 1.82) is 0 Å². The lowest BCUT2D eigenvalue weighted by molar-refractivity contribution is -0.274. The Labute approximate surface area is 151 Å². The third-order valence-corrected chi connectivity index (χ3v) is 3.75. The van der Waals surface area contributed by atoms with Gasteiger partial charge in [0, 0.05) is 16.7 Å². The Morgan fingerprint density at radius 1 is 0.962 bits per heavy atom. The Morgan fingerprint density at radius 3 is 2.23 bits per heavy atom. The molecule has 0 aliphatic rings. The highest BCUT2D eigenvalue weighted by atomic mass is 35.5. The summed E-state index contributed by atoms with van der Waals surface area (Å²) in [5.74, 6) is -0.323. The number of halogens is 4. The second kappa shape index (κ2) is 7.21. The minimum Gasteiger partial charge on any atom is -0.406 e. The molecular weight excluding hydrogens is 369 g/mol. The van der Waals surface area contributed by atoms with Crippen molar-refractivity contribution in [2.75, 3.05) is 0 Å². The molecule has 0 aliphatic carbocycles. The molecule has 0 amide bonds.